The van der Waals surface area contributed by atoms with E-state index in [0.29, 0.717) is 19.6 Å². The number of benzene rings is 1. The van der Waals surface area contributed by atoms with Crippen molar-refractivity contribution in [2.45, 2.75) is 45.8 Å². The van der Waals surface area contributed by atoms with Crippen LogP contribution in [-0.2, 0) is 18.4 Å². The standard InChI is InChI=1S/C18H28O4Si/c1-5-14-20-23(21-15-6-2,16-12-10-9-11-13-16)18(8-4)22-17(19)7-3/h7,9-13,18H,3,5-6,8,14-15H2,1-2,4H3. The largest absolute Gasteiger partial charge is 0.457 e. The molecule has 0 saturated heterocycles. The minimum Gasteiger partial charge on any atom is -0.457 e. The van der Waals surface area contributed by atoms with Gasteiger partial charge >= 0.3 is 14.5 Å². The van der Waals surface area contributed by atoms with Gasteiger partial charge in [0.05, 0.1) is 0 Å². The lowest BCUT2D eigenvalue weighted by molar-refractivity contribution is -0.141. The topological polar surface area (TPSA) is 44.8 Å². The third-order valence-corrected chi connectivity index (χ3v) is 7.22. The van der Waals surface area contributed by atoms with Gasteiger partial charge in [-0.3, -0.25) is 0 Å². The van der Waals surface area contributed by atoms with Gasteiger partial charge in [-0.05, 0) is 24.4 Å². The number of hydrogen-bond acceptors (Lipinski definition) is 4. The van der Waals surface area contributed by atoms with Gasteiger partial charge in [0.1, 0.15) is 5.73 Å². The smallest absolute Gasteiger partial charge is 0.414 e. The number of esters is 1. The van der Waals surface area contributed by atoms with Gasteiger partial charge in [0, 0.05) is 19.3 Å². The summed E-state index contributed by atoms with van der Waals surface area (Å²) in [6.45, 7) is 10.7. The summed E-state index contributed by atoms with van der Waals surface area (Å²) in [5.74, 6) is -0.440. The number of carbonyl (C=O) groups is 1. The first kappa shape index (κ1) is 19.6. The average Bonchev–Trinajstić information content (AvgIpc) is 2.61. The molecule has 0 amide bonds. The number of hydrogen-bond donors (Lipinski definition) is 0. The van der Waals surface area contributed by atoms with Crippen molar-refractivity contribution in [2.24, 2.45) is 0 Å². The summed E-state index contributed by atoms with van der Waals surface area (Å²) >= 11 is 0. The summed E-state index contributed by atoms with van der Waals surface area (Å²) in [4.78, 5) is 11.8. The van der Waals surface area contributed by atoms with E-state index >= 15 is 0 Å². The lowest BCUT2D eigenvalue weighted by atomic mass is 10.4. The highest BCUT2D eigenvalue weighted by Crippen LogP contribution is 2.21. The van der Waals surface area contributed by atoms with E-state index in [4.69, 9.17) is 13.6 Å². The molecule has 0 aromatic heterocycles. The molecule has 128 valence electrons. The summed E-state index contributed by atoms with van der Waals surface area (Å²) < 4.78 is 18.2. The lowest BCUT2D eigenvalue weighted by Crippen LogP contribution is -2.64. The van der Waals surface area contributed by atoms with Crippen LogP contribution < -0.4 is 5.19 Å². The molecule has 0 aliphatic heterocycles. The Balaban J connectivity index is 3.27. The van der Waals surface area contributed by atoms with Crippen molar-refractivity contribution in [3.8, 4) is 0 Å². The van der Waals surface area contributed by atoms with Crippen LogP contribution in [0.1, 0.15) is 40.0 Å². The van der Waals surface area contributed by atoms with Crippen LogP contribution in [0.25, 0.3) is 0 Å². The Bertz CT molecular complexity index is 467. The molecule has 5 heteroatoms. The van der Waals surface area contributed by atoms with Crippen molar-refractivity contribution in [1.82, 2.24) is 0 Å². The minimum absolute atomic E-state index is 0.409. The molecule has 0 radical (unpaired) electrons. The summed E-state index contributed by atoms with van der Waals surface area (Å²) in [6.07, 6.45) is 3.58. The van der Waals surface area contributed by atoms with Crippen LogP contribution in [0.4, 0.5) is 0 Å². The van der Waals surface area contributed by atoms with Crippen molar-refractivity contribution in [3.63, 3.8) is 0 Å². The molecular weight excluding hydrogens is 308 g/mol. The van der Waals surface area contributed by atoms with E-state index in [-0.39, 0.29) is 0 Å². The predicted molar refractivity (Wildman–Crippen MR) is 94.7 cm³/mol. The van der Waals surface area contributed by atoms with E-state index < -0.39 is 20.3 Å². The van der Waals surface area contributed by atoms with Gasteiger partial charge in [-0.2, -0.15) is 0 Å². The van der Waals surface area contributed by atoms with Gasteiger partial charge in [-0.1, -0.05) is 57.7 Å². The third-order valence-electron chi connectivity index (χ3n) is 3.44. The van der Waals surface area contributed by atoms with Gasteiger partial charge in [-0.15, -0.1) is 0 Å². The monoisotopic (exact) mass is 336 g/mol. The van der Waals surface area contributed by atoms with Gasteiger partial charge in [0.15, 0.2) is 0 Å². The molecule has 1 aromatic rings. The fraction of sp³-hybridized carbons (Fsp3) is 0.500. The maximum absolute atomic E-state index is 11.8. The molecule has 0 fully saturated rings. The van der Waals surface area contributed by atoms with E-state index in [9.17, 15) is 4.79 Å². The first-order valence-corrected chi connectivity index (χ1v) is 10.2. The molecule has 23 heavy (non-hydrogen) atoms. The van der Waals surface area contributed by atoms with E-state index in [1.54, 1.807) is 0 Å². The first-order chi connectivity index (χ1) is 11.1. The molecule has 1 aromatic carbocycles. The molecule has 1 atom stereocenters. The van der Waals surface area contributed by atoms with Crippen molar-refractivity contribution in [1.29, 1.82) is 0 Å². The molecule has 0 heterocycles. The first-order valence-electron chi connectivity index (χ1n) is 8.31. The van der Waals surface area contributed by atoms with Crippen LogP contribution in [0.3, 0.4) is 0 Å². The number of ether oxygens (including phenoxy) is 1. The lowest BCUT2D eigenvalue weighted by Gasteiger charge is -2.36. The van der Waals surface area contributed by atoms with Crippen molar-refractivity contribution in [2.75, 3.05) is 13.2 Å². The van der Waals surface area contributed by atoms with Crippen molar-refractivity contribution >= 4 is 19.7 Å². The zero-order valence-electron chi connectivity index (χ0n) is 14.4. The van der Waals surface area contributed by atoms with E-state index in [2.05, 4.69) is 20.4 Å². The average molecular weight is 337 g/mol. The SMILES string of the molecule is C=CC(=O)OC(CC)[Si](OCCC)(OCCC)c1ccccc1. The fourth-order valence-electron chi connectivity index (χ4n) is 2.38. The van der Waals surface area contributed by atoms with E-state index in [1.165, 1.54) is 6.08 Å². The molecule has 0 saturated carbocycles. The van der Waals surface area contributed by atoms with E-state index in [1.807, 2.05) is 37.3 Å². The molecule has 4 nitrogen and oxygen atoms in total. The van der Waals surface area contributed by atoms with Crippen LogP contribution in [0.15, 0.2) is 43.0 Å². The molecule has 0 spiro atoms. The molecule has 0 aliphatic rings. The van der Waals surface area contributed by atoms with Crippen LogP contribution >= 0.6 is 0 Å². The number of rotatable bonds is 11. The normalized spacial score (nSPS) is 12.7. The van der Waals surface area contributed by atoms with Crippen LogP contribution in [-0.4, -0.2) is 33.5 Å². The minimum atomic E-state index is -2.91. The van der Waals surface area contributed by atoms with E-state index in [0.717, 1.165) is 18.0 Å². The van der Waals surface area contributed by atoms with Crippen LogP contribution in [0, 0.1) is 0 Å². The Morgan fingerprint density at radius 1 is 1.13 bits per heavy atom. The molecular formula is C18H28O4Si. The summed E-state index contributed by atoms with van der Waals surface area (Å²) in [5, 5.41) is 0.991. The second kappa shape index (κ2) is 10.4. The second-order valence-corrected chi connectivity index (χ2v) is 8.40. The Morgan fingerprint density at radius 2 is 1.70 bits per heavy atom. The quantitative estimate of drug-likeness (QED) is 0.353. The van der Waals surface area contributed by atoms with Gasteiger partial charge in [0.2, 0.25) is 0 Å². The fourth-order valence-corrected chi connectivity index (χ4v) is 6.02. The molecule has 1 rings (SSSR count). The maximum atomic E-state index is 11.8. The van der Waals surface area contributed by atoms with Crippen molar-refractivity contribution in [3.05, 3.63) is 43.0 Å². The molecule has 0 N–H and O–H groups in total. The molecule has 0 aliphatic carbocycles. The molecule has 0 bridgehead atoms. The van der Waals surface area contributed by atoms with Gasteiger partial charge in [-0.25, -0.2) is 4.79 Å². The Labute approximate surface area is 140 Å². The summed E-state index contributed by atoms with van der Waals surface area (Å²) in [7, 11) is -2.91. The zero-order valence-corrected chi connectivity index (χ0v) is 15.4. The summed E-state index contributed by atoms with van der Waals surface area (Å²) in [6, 6.07) is 9.89. The highest BCUT2D eigenvalue weighted by molar-refractivity contribution is 6.82. The Morgan fingerprint density at radius 3 is 2.13 bits per heavy atom. The Hall–Kier alpha value is -1.43. The Kier molecular flexibility index (Phi) is 8.84. The zero-order chi connectivity index (χ0) is 17.1. The van der Waals surface area contributed by atoms with Crippen molar-refractivity contribution < 1.29 is 18.4 Å². The third kappa shape index (κ3) is 5.30. The van der Waals surface area contributed by atoms with Crippen LogP contribution in [0.5, 0.6) is 0 Å². The highest BCUT2D eigenvalue weighted by atomic mass is 28.4. The maximum Gasteiger partial charge on any atom is 0.414 e. The number of carbonyl (C=O) groups excluding carboxylic acids is 1. The predicted octanol–water partition coefficient (Wildman–Crippen LogP) is 3.24. The highest BCUT2D eigenvalue weighted by Gasteiger charge is 2.50. The summed E-state index contributed by atoms with van der Waals surface area (Å²) in [5.41, 5.74) is -0.409. The molecule has 1 unspecified atom stereocenters. The van der Waals surface area contributed by atoms with Gasteiger partial charge in [0.25, 0.3) is 0 Å². The van der Waals surface area contributed by atoms with Gasteiger partial charge < -0.3 is 13.6 Å². The second-order valence-electron chi connectivity index (χ2n) is 5.27. The van der Waals surface area contributed by atoms with Crippen LogP contribution in [0.2, 0.25) is 0 Å².